The molecule has 2 unspecified atom stereocenters. The number of nitrogens with zero attached hydrogens (tertiary/aromatic N) is 2. The fourth-order valence-electron chi connectivity index (χ4n) is 2.50. The smallest absolute Gasteiger partial charge is 0.222 e. The highest BCUT2D eigenvalue weighted by Crippen LogP contribution is 2.29. The molecule has 2 rings (SSSR count). The van der Waals surface area contributed by atoms with Gasteiger partial charge in [0.05, 0.1) is 17.8 Å². The van der Waals surface area contributed by atoms with Gasteiger partial charge in [0.1, 0.15) is 4.99 Å². The lowest BCUT2D eigenvalue weighted by atomic mass is 9.92. The van der Waals surface area contributed by atoms with Gasteiger partial charge >= 0.3 is 0 Å². The molecule has 6 heteroatoms. The number of aromatic nitrogens is 1. The molecule has 0 radical (unpaired) electrons. The normalized spacial score (nSPS) is 23.1. The molecule has 0 aromatic carbocycles. The first-order chi connectivity index (χ1) is 9.00. The summed E-state index contributed by atoms with van der Waals surface area (Å²) in [7, 11) is 0. The van der Waals surface area contributed by atoms with Gasteiger partial charge in [0, 0.05) is 24.3 Å². The number of pyridine rings is 1. The van der Waals surface area contributed by atoms with Crippen LogP contribution in [0.2, 0.25) is 0 Å². The predicted octanol–water partition coefficient (Wildman–Crippen LogP) is 0.806. The Morgan fingerprint density at radius 1 is 1.47 bits per heavy atom. The highest BCUT2D eigenvalue weighted by molar-refractivity contribution is 7.80. The minimum Gasteiger partial charge on any atom is -0.389 e. The van der Waals surface area contributed by atoms with Crippen LogP contribution in [-0.4, -0.2) is 28.5 Å². The Balaban J connectivity index is 2.33. The van der Waals surface area contributed by atoms with Crippen LogP contribution in [0.3, 0.4) is 0 Å². The summed E-state index contributed by atoms with van der Waals surface area (Å²) in [5.74, 6) is -0.381. The summed E-state index contributed by atoms with van der Waals surface area (Å²) >= 11 is 5.07. The molecule has 1 fully saturated rings. The number of nitrogens with two attached hydrogens (primary N) is 2. The van der Waals surface area contributed by atoms with Crippen LogP contribution >= 0.6 is 12.2 Å². The van der Waals surface area contributed by atoms with E-state index < -0.39 is 0 Å². The summed E-state index contributed by atoms with van der Waals surface area (Å²) in [6.07, 6.45) is 5.15. The number of carbonyl (C=O) groups excluding carboxylic acids is 1. The van der Waals surface area contributed by atoms with Crippen LogP contribution in [0.4, 0.5) is 5.69 Å². The Hall–Kier alpha value is -1.69. The number of rotatable bonds is 3. The van der Waals surface area contributed by atoms with E-state index in [1.165, 1.54) is 0 Å². The summed E-state index contributed by atoms with van der Waals surface area (Å²) in [4.78, 5) is 18.0. The molecule has 19 heavy (non-hydrogen) atoms. The zero-order chi connectivity index (χ0) is 14.0. The van der Waals surface area contributed by atoms with Gasteiger partial charge in [-0.2, -0.15) is 0 Å². The molecule has 1 saturated heterocycles. The number of piperidine rings is 1. The number of primary amides is 1. The van der Waals surface area contributed by atoms with E-state index in [0.717, 1.165) is 24.1 Å². The maximum Gasteiger partial charge on any atom is 0.222 e. The number of anilines is 1. The Morgan fingerprint density at radius 2 is 2.21 bits per heavy atom. The molecule has 1 aromatic heterocycles. The summed E-state index contributed by atoms with van der Waals surface area (Å²) in [5.41, 5.74) is 12.8. The van der Waals surface area contributed by atoms with Crippen LogP contribution in [0, 0.1) is 5.92 Å². The second-order valence-corrected chi connectivity index (χ2v) is 5.37. The third-order valence-corrected chi connectivity index (χ3v) is 3.88. The third kappa shape index (κ3) is 2.84. The summed E-state index contributed by atoms with van der Waals surface area (Å²) in [6, 6.07) is 2.12. The average molecular weight is 278 g/mol. The van der Waals surface area contributed by atoms with Crippen molar-refractivity contribution in [2.75, 3.05) is 11.4 Å². The first kappa shape index (κ1) is 13.7. The van der Waals surface area contributed by atoms with Gasteiger partial charge < -0.3 is 16.4 Å². The standard InChI is InChI=1S/C13H18N4OS/c1-8-2-3-9(12(14)18)7-17(8)11-6-16-5-4-10(11)13(15)19/h4-6,8-9H,2-3,7H2,1H3,(H2,14,18)(H2,15,19). The lowest BCUT2D eigenvalue weighted by Crippen LogP contribution is -2.46. The number of carbonyl (C=O) groups is 1. The van der Waals surface area contributed by atoms with E-state index in [2.05, 4.69) is 16.8 Å². The van der Waals surface area contributed by atoms with Crippen LogP contribution in [0.25, 0.3) is 0 Å². The Labute approximate surface area is 118 Å². The van der Waals surface area contributed by atoms with E-state index >= 15 is 0 Å². The van der Waals surface area contributed by atoms with E-state index in [-0.39, 0.29) is 11.8 Å². The van der Waals surface area contributed by atoms with Gasteiger partial charge in [-0.15, -0.1) is 0 Å². The molecule has 4 N–H and O–H groups in total. The van der Waals surface area contributed by atoms with Crippen LogP contribution in [-0.2, 0) is 4.79 Å². The van der Waals surface area contributed by atoms with Gasteiger partial charge in [0.15, 0.2) is 0 Å². The van der Waals surface area contributed by atoms with Crippen molar-refractivity contribution >= 4 is 28.8 Å². The minimum atomic E-state index is -0.252. The highest BCUT2D eigenvalue weighted by Gasteiger charge is 2.30. The molecule has 0 saturated carbocycles. The lowest BCUT2D eigenvalue weighted by Gasteiger charge is -2.39. The van der Waals surface area contributed by atoms with Crippen molar-refractivity contribution < 1.29 is 4.79 Å². The van der Waals surface area contributed by atoms with Crippen molar-refractivity contribution in [3.63, 3.8) is 0 Å². The number of hydrogen-bond donors (Lipinski definition) is 2. The quantitative estimate of drug-likeness (QED) is 0.799. The molecule has 0 aliphatic carbocycles. The van der Waals surface area contributed by atoms with Crippen LogP contribution in [0.5, 0.6) is 0 Å². The molecule has 1 amide bonds. The molecular formula is C13H18N4OS. The van der Waals surface area contributed by atoms with E-state index in [1.54, 1.807) is 18.5 Å². The summed E-state index contributed by atoms with van der Waals surface area (Å²) in [5, 5.41) is 0. The fourth-order valence-corrected chi connectivity index (χ4v) is 2.67. The highest BCUT2D eigenvalue weighted by atomic mass is 32.1. The molecule has 1 aliphatic heterocycles. The van der Waals surface area contributed by atoms with Gasteiger partial charge in [-0.05, 0) is 25.8 Å². The third-order valence-electron chi connectivity index (χ3n) is 3.66. The minimum absolute atomic E-state index is 0.129. The van der Waals surface area contributed by atoms with Crippen molar-refractivity contribution in [2.45, 2.75) is 25.8 Å². The van der Waals surface area contributed by atoms with Gasteiger partial charge in [-0.3, -0.25) is 9.78 Å². The monoisotopic (exact) mass is 278 g/mol. The number of amides is 1. The lowest BCUT2D eigenvalue weighted by molar-refractivity contribution is -0.122. The molecule has 102 valence electrons. The fraction of sp³-hybridized carbons (Fsp3) is 0.462. The second-order valence-electron chi connectivity index (χ2n) is 4.94. The molecule has 5 nitrogen and oxygen atoms in total. The maximum absolute atomic E-state index is 11.4. The van der Waals surface area contributed by atoms with Gasteiger partial charge in [0.2, 0.25) is 5.91 Å². The molecule has 0 spiro atoms. The van der Waals surface area contributed by atoms with Crippen molar-refractivity contribution in [1.82, 2.24) is 4.98 Å². The van der Waals surface area contributed by atoms with Gasteiger partial charge in [-0.25, -0.2) is 0 Å². The maximum atomic E-state index is 11.4. The molecule has 2 heterocycles. The molecule has 1 aliphatic rings. The molecule has 0 bridgehead atoms. The van der Waals surface area contributed by atoms with Crippen molar-refractivity contribution in [1.29, 1.82) is 0 Å². The van der Waals surface area contributed by atoms with Crippen molar-refractivity contribution in [3.8, 4) is 0 Å². The van der Waals surface area contributed by atoms with E-state index in [9.17, 15) is 4.79 Å². The zero-order valence-electron chi connectivity index (χ0n) is 10.9. The Kier molecular flexibility index (Phi) is 3.99. The SMILES string of the molecule is CC1CCC(C(N)=O)CN1c1cnccc1C(N)=S. The summed E-state index contributed by atoms with van der Waals surface area (Å²) < 4.78 is 0. The molecule has 2 atom stereocenters. The van der Waals surface area contributed by atoms with Crippen molar-refractivity contribution in [3.05, 3.63) is 24.0 Å². The molecule has 1 aromatic rings. The summed E-state index contributed by atoms with van der Waals surface area (Å²) in [6.45, 7) is 2.71. The Morgan fingerprint density at radius 3 is 2.84 bits per heavy atom. The predicted molar refractivity (Wildman–Crippen MR) is 78.9 cm³/mol. The topological polar surface area (TPSA) is 85.2 Å². The van der Waals surface area contributed by atoms with Crippen LogP contribution in [0.15, 0.2) is 18.5 Å². The van der Waals surface area contributed by atoms with Gasteiger partial charge in [0.25, 0.3) is 0 Å². The van der Waals surface area contributed by atoms with Crippen LogP contribution < -0.4 is 16.4 Å². The van der Waals surface area contributed by atoms with E-state index in [4.69, 9.17) is 23.7 Å². The molecular weight excluding hydrogens is 260 g/mol. The second kappa shape index (κ2) is 5.52. The average Bonchev–Trinajstić information content (AvgIpc) is 2.39. The van der Waals surface area contributed by atoms with Gasteiger partial charge in [-0.1, -0.05) is 12.2 Å². The first-order valence-corrected chi connectivity index (χ1v) is 6.71. The largest absolute Gasteiger partial charge is 0.389 e. The van der Waals surface area contributed by atoms with Crippen molar-refractivity contribution in [2.24, 2.45) is 17.4 Å². The van der Waals surface area contributed by atoms with E-state index in [1.807, 2.05) is 0 Å². The van der Waals surface area contributed by atoms with E-state index in [0.29, 0.717) is 17.6 Å². The Bertz CT molecular complexity index is 505. The first-order valence-electron chi connectivity index (χ1n) is 6.30. The zero-order valence-corrected chi connectivity index (χ0v) is 11.7. The van der Waals surface area contributed by atoms with Crippen LogP contribution in [0.1, 0.15) is 25.3 Å². The number of thiocarbonyl (C=S) groups is 1. The number of hydrogen-bond acceptors (Lipinski definition) is 4.